The highest BCUT2D eigenvalue weighted by molar-refractivity contribution is 6.30. The van der Waals surface area contributed by atoms with Crippen LogP contribution >= 0.6 is 11.6 Å². The van der Waals surface area contributed by atoms with Crippen molar-refractivity contribution >= 4 is 17.4 Å². The van der Waals surface area contributed by atoms with Crippen LogP contribution in [0.25, 0.3) is 0 Å². The van der Waals surface area contributed by atoms with E-state index >= 15 is 0 Å². The Bertz CT molecular complexity index is 612. The predicted molar refractivity (Wildman–Crippen MR) is 78.3 cm³/mol. The third-order valence-corrected chi connectivity index (χ3v) is 4.07. The van der Waals surface area contributed by atoms with E-state index in [4.69, 9.17) is 17.3 Å². The number of hydrogen-bond acceptors (Lipinski definition) is 3. The number of halogens is 1. The molecule has 0 radical (unpaired) electrons. The quantitative estimate of drug-likeness (QED) is 0.904. The molecule has 2 atom stereocenters. The van der Waals surface area contributed by atoms with Crippen LogP contribution in [0.15, 0.2) is 36.5 Å². The van der Waals surface area contributed by atoms with E-state index in [0.717, 1.165) is 12.0 Å². The highest BCUT2D eigenvalue weighted by Gasteiger charge is 2.33. The van der Waals surface area contributed by atoms with Gasteiger partial charge in [0.25, 0.3) is 0 Å². The lowest BCUT2D eigenvalue weighted by atomic mass is 9.72. The number of fused-ring (bicyclic) bond motifs is 1. The number of benzene rings is 1. The Kier molecular flexibility index (Phi) is 3.17. The molecule has 1 aliphatic carbocycles. The summed E-state index contributed by atoms with van der Waals surface area (Å²) in [6.07, 6.45) is 2.65. The largest absolute Gasteiger partial charge is 0.383 e. The Balaban J connectivity index is 1.97. The molecule has 3 rings (SSSR count). The average Bonchev–Trinajstić information content (AvgIpc) is 2.39. The standard InChI is InChI=1S/C15H16ClN3/c1-18-14(13-7-10(16)8-19-15(13)17)12-6-9-4-2-3-5-11(9)12/h2-5,7-8,12,14,18H,6H2,1H3,(H2,17,19). The van der Waals surface area contributed by atoms with Gasteiger partial charge in [0.2, 0.25) is 0 Å². The Morgan fingerprint density at radius 3 is 2.95 bits per heavy atom. The summed E-state index contributed by atoms with van der Waals surface area (Å²) >= 11 is 6.04. The van der Waals surface area contributed by atoms with Gasteiger partial charge < -0.3 is 11.1 Å². The molecule has 2 aromatic rings. The Hall–Kier alpha value is -1.58. The van der Waals surface area contributed by atoms with E-state index in [0.29, 0.717) is 16.8 Å². The minimum atomic E-state index is 0.154. The lowest BCUT2D eigenvalue weighted by Crippen LogP contribution is -2.32. The first-order valence-corrected chi connectivity index (χ1v) is 6.74. The fourth-order valence-corrected chi connectivity index (χ4v) is 3.05. The normalized spacial score (nSPS) is 18.5. The molecule has 1 aromatic carbocycles. The van der Waals surface area contributed by atoms with Crippen molar-refractivity contribution in [1.29, 1.82) is 0 Å². The van der Waals surface area contributed by atoms with Gasteiger partial charge in [-0.3, -0.25) is 0 Å². The van der Waals surface area contributed by atoms with Gasteiger partial charge in [0.15, 0.2) is 0 Å². The number of nitrogens with one attached hydrogen (secondary N) is 1. The zero-order chi connectivity index (χ0) is 13.4. The molecule has 3 N–H and O–H groups in total. The van der Waals surface area contributed by atoms with E-state index in [1.54, 1.807) is 6.20 Å². The monoisotopic (exact) mass is 273 g/mol. The van der Waals surface area contributed by atoms with Crippen LogP contribution in [0, 0.1) is 0 Å². The molecule has 0 saturated carbocycles. The van der Waals surface area contributed by atoms with Gasteiger partial charge in [-0.2, -0.15) is 0 Å². The summed E-state index contributed by atoms with van der Waals surface area (Å²) in [5, 5.41) is 3.97. The Morgan fingerprint density at radius 1 is 1.42 bits per heavy atom. The minimum Gasteiger partial charge on any atom is -0.383 e. The van der Waals surface area contributed by atoms with Crippen LogP contribution in [0.1, 0.15) is 28.7 Å². The first-order chi connectivity index (χ1) is 9.20. The number of pyridine rings is 1. The topological polar surface area (TPSA) is 50.9 Å². The number of aromatic nitrogens is 1. The molecule has 2 unspecified atom stereocenters. The molecule has 0 amide bonds. The van der Waals surface area contributed by atoms with Crippen LogP contribution in [-0.4, -0.2) is 12.0 Å². The lowest BCUT2D eigenvalue weighted by Gasteiger charge is -2.37. The number of hydrogen-bond donors (Lipinski definition) is 2. The third kappa shape index (κ3) is 2.09. The van der Waals surface area contributed by atoms with Crippen molar-refractivity contribution in [2.24, 2.45) is 0 Å². The molecule has 1 aliphatic rings. The zero-order valence-electron chi connectivity index (χ0n) is 10.7. The summed E-state index contributed by atoms with van der Waals surface area (Å²) in [5.41, 5.74) is 9.78. The fourth-order valence-electron chi connectivity index (χ4n) is 2.88. The molecule has 0 fully saturated rings. The maximum atomic E-state index is 6.04. The summed E-state index contributed by atoms with van der Waals surface area (Å²) in [7, 11) is 1.95. The second-order valence-electron chi connectivity index (χ2n) is 4.90. The number of anilines is 1. The van der Waals surface area contributed by atoms with Crippen LogP contribution in [0.5, 0.6) is 0 Å². The van der Waals surface area contributed by atoms with Gasteiger partial charge in [0.1, 0.15) is 5.82 Å². The van der Waals surface area contributed by atoms with Gasteiger partial charge in [-0.1, -0.05) is 35.9 Å². The van der Waals surface area contributed by atoms with Crippen molar-refractivity contribution in [2.75, 3.05) is 12.8 Å². The van der Waals surface area contributed by atoms with Gasteiger partial charge >= 0.3 is 0 Å². The molecule has 98 valence electrons. The molecular formula is C15H16ClN3. The van der Waals surface area contributed by atoms with Gasteiger partial charge in [-0.05, 0) is 30.7 Å². The Labute approximate surface area is 117 Å². The van der Waals surface area contributed by atoms with E-state index in [-0.39, 0.29) is 6.04 Å². The first kappa shape index (κ1) is 12.5. The SMILES string of the molecule is CNC(c1cc(Cl)cnc1N)C1Cc2ccccc21. The Morgan fingerprint density at radius 2 is 2.21 bits per heavy atom. The van der Waals surface area contributed by atoms with E-state index in [9.17, 15) is 0 Å². The molecule has 19 heavy (non-hydrogen) atoms. The van der Waals surface area contributed by atoms with Crippen molar-refractivity contribution < 1.29 is 0 Å². The van der Waals surface area contributed by atoms with Crippen LogP contribution in [0.2, 0.25) is 5.02 Å². The van der Waals surface area contributed by atoms with E-state index in [2.05, 4.69) is 34.6 Å². The first-order valence-electron chi connectivity index (χ1n) is 6.36. The number of likely N-dealkylation sites (N-methyl/N-ethyl adjacent to an activating group) is 1. The second-order valence-corrected chi connectivity index (χ2v) is 5.34. The lowest BCUT2D eigenvalue weighted by molar-refractivity contribution is 0.439. The molecule has 4 heteroatoms. The van der Waals surface area contributed by atoms with Gasteiger partial charge in [0, 0.05) is 23.7 Å². The maximum absolute atomic E-state index is 6.04. The van der Waals surface area contributed by atoms with Crippen molar-refractivity contribution in [3.63, 3.8) is 0 Å². The molecule has 1 heterocycles. The maximum Gasteiger partial charge on any atom is 0.128 e. The highest BCUT2D eigenvalue weighted by Crippen LogP contribution is 2.44. The third-order valence-electron chi connectivity index (χ3n) is 3.86. The molecule has 1 aromatic heterocycles. The van der Waals surface area contributed by atoms with Crippen LogP contribution in [0.4, 0.5) is 5.82 Å². The number of nitrogens with two attached hydrogens (primary N) is 1. The molecule has 0 bridgehead atoms. The van der Waals surface area contributed by atoms with Crippen LogP contribution in [-0.2, 0) is 6.42 Å². The average molecular weight is 274 g/mol. The van der Waals surface area contributed by atoms with Crippen LogP contribution < -0.4 is 11.1 Å². The summed E-state index contributed by atoms with van der Waals surface area (Å²) in [6.45, 7) is 0. The fraction of sp³-hybridized carbons (Fsp3) is 0.267. The van der Waals surface area contributed by atoms with E-state index in [1.807, 2.05) is 13.1 Å². The van der Waals surface area contributed by atoms with Gasteiger partial charge in [-0.25, -0.2) is 4.98 Å². The summed E-state index contributed by atoms with van der Waals surface area (Å²) in [4.78, 5) is 4.15. The summed E-state index contributed by atoms with van der Waals surface area (Å²) in [5.74, 6) is 0.983. The number of nitrogen functional groups attached to an aromatic ring is 1. The molecule has 0 spiro atoms. The van der Waals surface area contributed by atoms with Crippen LogP contribution in [0.3, 0.4) is 0 Å². The minimum absolute atomic E-state index is 0.154. The summed E-state index contributed by atoms with van der Waals surface area (Å²) in [6, 6.07) is 10.6. The van der Waals surface area contributed by atoms with Crippen molar-refractivity contribution in [3.8, 4) is 0 Å². The zero-order valence-corrected chi connectivity index (χ0v) is 11.5. The molecule has 0 saturated heterocycles. The second kappa shape index (κ2) is 4.83. The van der Waals surface area contributed by atoms with Crippen molar-refractivity contribution in [2.45, 2.75) is 18.4 Å². The van der Waals surface area contributed by atoms with E-state index < -0.39 is 0 Å². The molecular weight excluding hydrogens is 258 g/mol. The number of rotatable bonds is 3. The smallest absolute Gasteiger partial charge is 0.128 e. The van der Waals surface area contributed by atoms with Gasteiger partial charge in [-0.15, -0.1) is 0 Å². The van der Waals surface area contributed by atoms with Crippen molar-refractivity contribution in [3.05, 3.63) is 58.2 Å². The molecule has 3 nitrogen and oxygen atoms in total. The predicted octanol–water partition coefficient (Wildman–Crippen LogP) is 2.92. The van der Waals surface area contributed by atoms with E-state index in [1.165, 1.54) is 11.1 Å². The summed E-state index contributed by atoms with van der Waals surface area (Å²) < 4.78 is 0. The van der Waals surface area contributed by atoms with Crippen molar-refractivity contribution in [1.82, 2.24) is 10.3 Å². The highest BCUT2D eigenvalue weighted by atomic mass is 35.5. The number of nitrogens with zero attached hydrogens (tertiary/aromatic N) is 1. The van der Waals surface area contributed by atoms with Gasteiger partial charge in [0.05, 0.1) is 5.02 Å². The molecule has 0 aliphatic heterocycles.